The van der Waals surface area contributed by atoms with E-state index >= 15 is 0 Å². The Kier molecular flexibility index (Phi) is 3.58. The second-order valence-corrected chi connectivity index (χ2v) is 9.44. The molecule has 4 aliphatic rings. The van der Waals surface area contributed by atoms with Gasteiger partial charge in [-0.2, -0.15) is 0 Å². The molecular weight excluding hydrogens is 284 g/mol. The zero-order valence-corrected chi connectivity index (χ0v) is 15.0. The molecule has 7 atom stereocenters. The Bertz CT molecular complexity index is 550. The van der Waals surface area contributed by atoms with Crippen LogP contribution in [0.2, 0.25) is 0 Å². The molecular formula is C21H32O2. The van der Waals surface area contributed by atoms with Gasteiger partial charge in [-0.15, -0.1) is 0 Å². The first-order valence-electron chi connectivity index (χ1n) is 9.74. The van der Waals surface area contributed by atoms with Crippen molar-refractivity contribution in [3.8, 4) is 0 Å². The summed E-state index contributed by atoms with van der Waals surface area (Å²) in [5.41, 5.74) is 2.11. The van der Waals surface area contributed by atoms with Crippen molar-refractivity contribution in [2.24, 2.45) is 34.5 Å². The monoisotopic (exact) mass is 316 g/mol. The number of rotatable bonds is 1. The quantitative estimate of drug-likeness (QED) is 0.722. The number of hydrogen-bond donors (Lipinski definition) is 1. The number of fused-ring (bicyclic) bond motifs is 5. The zero-order chi connectivity index (χ0) is 16.4. The molecule has 4 rings (SSSR count). The van der Waals surface area contributed by atoms with Crippen LogP contribution in [0.3, 0.4) is 0 Å². The highest BCUT2D eigenvalue weighted by Gasteiger charge is 2.59. The first-order chi connectivity index (χ1) is 10.9. The Morgan fingerprint density at radius 1 is 1.13 bits per heavy atom. The van der Waals surface area contributed by atoms with Crippen LogP contribution < -0.4 is 0 Å². The van der Waals surface area contributed by atoms with Crippen molar-refractivity contribution in [1.29, 1.82) is 0 Å². The molecule has 0 saturated heterocycles. The summed E-state index contributed by atoms with van der Waals surface area (Å²) >= 11 is 0. The van der Waals surface area contributed by atoms with Crippen LogP contribution in [0, 0.1) is 34.5 Å². The summed E-state index contributed by atoms with van der Waals surface area (Å²) in [6, 6.07) is 0. The van der Waals surface area contributed by atoms with Crippen molar-refractivity contribution in [3.05, 3.63) is 11.6 Å². The van der Waals surface area contributed by atoms with Gasteiger partial charge in [0, 0.05) is 5.92 Å². The Labute approximate surface area is 140 Å². The molecule has 0 aromatic heterocycles. The van der Waals surface area contributed by atoms with Crippen molar-refractivity contribution in [3.63, 3.8) is 0 Å². The number of allylic oxidation sites excluding steroid dienone is 1. The molecule has 23 heavy (non-hydrogen) atoms. The minimum atomic E-state index is -0.117. The zero-order valence-electron chi connectivity index (χ0n) is 15.0. The summed E-state index contributed by atoms with van der Waals surface area (Å²) in [6.07, 6.45) is 11.5. The molecule has 2 nitrogen and oxygen atoms in total. The molecule has 3 saturated carbocycles. The Morgan fingerprint density at radius 3 is 2.65 bits per heavy atom. The van der Waals surface area contributed by atoms with Crippen LogP contribution in [0.5, 0.6) is 0 Å². The van der Waals surface area contributed by atoms with E-state index in [0.717, 1.165) is 43.4 Å². The maximum Gasteiger partial charge on any atom is 0.133 e. The Morgan fingerprint density at radius 2 is 1.91 bits per heavy atom. The van der Waals surface area contributed by atoms with Crippen molar-refractivity contribution in [2.45, 2.75) is 78.2 Å². The molecule has 0 unspecified atom stereocenters. The fourth-order valence-corrected chi connectivity index (χ4v) is 7.31. The first kappa shape index (κ1) is 15.9. The number of hydrogen-bond acceptors (Lipinski definition) is 2. The van der Waals surface area contributed by atoms with Crippen LogP contribution in [0.4, 0.5) is 0 Å². The molecule has 0 aromatic rings. The van der Waals surface area contributed by atoms with E-state index in [1.807, 2.05) is 6.92 Å². The van der Waals surface area contributed by atoms with Gasteiger partial charge >= 0.3 is 0 Å². The molecule has 0 bridgehead atoms. The summed E-state index contributed by atoms with van der Waals surface area (Å²) in [4.78, 5) is 12.2. The highest BCUT2D eigenvalue weighted by atomic mass is 16.3. The lowest BCUT2D eigenvalue weighted by atomic mass is 9.47. The summed E-state index contributed by atoms with van der Waals surface area (Å²) in [5.74, 6) is 3.00. The van der Waals surface area contributed by atoms with Gasteiger partial charge in [-0.3, -0.25) is 4.79 Å². The van der Waals surface area contributed by atoms with E-state index < -0.39 is 0 Å². The van der Waals surface area contributed by atoms with E-state index in [4.69, 9.17) is 0 Å². The highest BCUT2D eigenvalue weighted by Crippen LogP contribution is 2.66. The maximum atomic E-state index is 12.2. The van der Waals surface area contributed by atoms with Gasteiger partial charge in [0.1, 0.15) is 5.78 Å². The van der Waals surface area contributed by atoms with Crippen molar-refractivity contribution >= 4 is 5.78 Å². The van der Waals surface area contributed by atoms with Crippen molar-refractivity contribution < 1.29 is 9.90 Å². The minimum Gasteiger partial charge on any atom is -0.393 e. The third kappa shape index (κ3) is 2.13. The van der Waals surface area contributed by atoms with E-state index in [1.54, 1.807) is 5.57 Å². The molecule has 0 amide bonds. The summed E-state index contributed by atoms with van der Waals surface area (Å²) < 4.78 is 0. The number of ketones is 1. The van der Waals surface area contributed by atoms with Gasteiger partial charge in [-0.25, -0.2) is 0 Å². The normalized spacial score (nSPS) is 52.2. The molecule has 0 heterocycles. The van der Waals surface area contributed by atoms with Crippen molar-refractivity contribution in [1.82, 2.24) is 0 Å². The van der Waals surface area contributed by atoms with E-state index in [2.05, 4.69) is 19.9 Å². The lowest BCUT2D eigenvalue weighted by Gasteiger charge is -2.57. The van der Waals surface area contributed by atoms with Gasteiger partial charge in [0.2, 0.25) is 0 Å². The molecule has 2 heteroatoms. The van der Waals surface area contributed by atoms with Gasteiger partial charge in [-0.1, -0.05) is 25.5 Å². The number of aliphatic hydroxyl groups is 1. The fraction of sp³-hybridized carbons (Fsp3) is 0.857. The Hall–Kier alpha value is -0.630. The largest absolute Gasteiger partial charge is 0.393 e. The number of carbonyl (C=O) groups is 1. The van der Waals surface area contributed by atoms with Gasteiger partial charge < -0.3 is 5.11 Å². The SMILES string of the molecule is CC(=O)[C@@H]1CC[C@H]2[C@@H]3CC=C4C[C@H](O)CC[C@]4(C)[C@H]3CC[C@]12C. The number of Topliss-reactive ketones (excluding diaryl/α,β-unsaturated/α-hetero) is 1. The van der Waals surface area contributed by atoms with E-state index in [-0.39, 0.29) is 11.5 Å². The molecule has 128 valence electrons. The van der Waals surface area contributed by atoms with Crippen LogP contribution in [0.15, 0.2) is 11.6 Å². The average Bonchev–Trinajstić information content (AvgIpc) is 2.85. The third-order valence-electron chi connectivity index (χ3n) is 8.57. The molecule has 4 aliphatic carbocycles. The smallest absolute Gasteiger partial charge is 0.133 e. The lowest BCUT2D eigenvalue weighted by molar-refractivity contribution is -0.127. The van der Waals surface area contributed by atoms with Crippen LogP contribution in [-0.4, -0.2) is 17.0 Å². The predicted octanol–water partition coefficient (Wildman–Crippen LogP) is 4.52. The second-order valence-electron chi connectivity index (χ2n) is 9.44. The molecule has 0 spiro atoms. The molecule has 0 aliphatic heterocycles. The highest BCUT2D eigenvalue weighted by molar-refractivity contribution is 5.79. The standard InChI is InChI=1S/C21H32O2/c1-13(22)17-6-7-18-16-5-4-14-12-15(23)8-10-20(14,2)19(16)9-11-21(17,18)3/h4,15-19,23H,5-12H2,1-3H3/t15-,16+,17+,18+,19+,20+,21-/m1/s1. The third-order valence-corrected chi connectivity index (χ3v) is 8.57. The first-order valence-corrected chi connectivity index (χ1v) is 9.74. The van der Waals surface area contributed by atoms with Gasteiger partial charge in [0.05, 0.1) is 6.10 Å². The maximum absolute atomic E-state index is 12.2. The predicted molar refractivity (Wildman–Crippen MR) is 91.9 cm³/mol. The van der Waals surface area contributed by atoms with E-state index in [9.17, 15) is 9.90 Å². The minimum absolute atomic E-state index is 0.117. The summed E-state index contributed by atoms with van der Waals surface area (Å²) in [5, 5.41) is 10.1. The molecule has 0 radical (unpaired) electrons. The summed E-state index contributed by atoms with van der Waals surface area (Å²) in [7, 11) is 0. The second kappa shape index (κ2) is 5.18. The van der Waals surface area contributed by atoms with Gasteiger partial charge in [0.25, 0.3) is 0 Å². The van der Waals surface area contributed by atoms with Gasteiger partial charge in [-0.05, 0) is 86.9 Å². The average molecular weight is 316 g/mol. The topological polar surface area (TPSA) is 37.3 Å². The van der Waals surface area contributed by atoms with Crippen LogP contribution in [0.25, 0.3) is 0 Å². The fourth-order valence-electron chi connectivity index (χ4n) is 7.31. The number of aliphatic hydroxyl groups excluding tert-OH is 1. The van der Waals surface area contributed by atoms with Gasteiger partial charge in [0.15, 0.2) is 0 Å². The van der Waals surface area contributed by atoms with Crippen LogP contribution in [0.1, 0.15) is 72.1 Å². The molecule has 1 N–H and O–H groups in total. The summed E-state index contributed by atoms with van der Waals surface area (Å²) in [6.45, 7) is 6.70. The van der Waals surface area contributed by atoms with Crippen molar-refractivity contribution in [2.75, 3.05) is 0 Å². The molecule has 0 aromatic carbocycles. The Balaban J connectivity index is 1.66. The van der Waals surface area contributed by atoms with E-state index in [0.29, 0.717) is 17.1 Å². The molecule has 3 fully saturated rings. The lowest BCUT2D eigenvalue weighted by Crippen LogP contribution is -2.50. The van der Waals surface area contributed by atoms with Crippen LogP contribution >= 0.6 is 0 Å². The van der Waals surface area contributed by atoms with E-state index in [1.165, 1.54) is 25.7 Å². The van der Waals surface area contributed by atoms with Crippen LogP contribution in [-0.2, 0) is 4.79 Å². The number of carbonyl (C=O) groups excluding carboxylic acids is 1.